The Morgan fingerprint density at radius 2 is 2.12 bits per heavy atom. The number of rotatable bonds is 4. The first-order valence-electron chi connectivity index (χ1n) is 8.61. The van der Waals surface area contributed by atoms with E-state index in [1.807, 2.05) is 0 Å². The van der Waals surface area contributed by atoms with E-state index in [2.05, 4.69) is 10.3 Å². The molecule has 0 spiro atoms. The van der Waals surface area contributed by atoms with Crippen LogP contribution in [0.15, 0.2) is 17.1 Å². The molecule has 1 amide bonds. The molecular formula is C17H26N4O5. The smallest absolute Gasteiger partial charge is 0.407 e. The lowest BCUT2D eigenvalue weighted by Crippen LogP contribution is -2.48. The number of hydrogen-bond donors (Lipinski definition) is 3. The zero-order chi connectivity index (χ0) is 19.5. The third-order valence-electron chi connectivity index (χ3n) is 4.30. The minimum Gasteiger partial charge on any atom is -0.481 e. The van der Waals surface area contributed by atoms with Gasteiger partial charge in [-0.05, 0) is 52.0 Å². The fourth-order valence-corrected chi connectivity index (χ4v) is 3.30. The SMILES string of the molecule is CC(C)(C)OC(=O)N[C@H]1C[C@H](CC(=O)O)CC[C@H]1n1ccc(N)nc1=O. The third kappa shape index (κ3) is 5.47. The number of carbonyl (C=O) groups is 2. The number of nitrogens with zero attached hydrogens (tertiary/aromatic N) is 2. The van der Waals surface area contributed by atoms with Gasteiger partial charge >= 0.3 is 17.8 Å². The highest BCUT2D eigenvalue weighted by molar-refractivity contribution is 5.68. The molecule has 0 radical (unpaired) electrons. The van der Waals surface area contributed by atoms with E-state index < -0.39 is 29.4 Å². The summed E-state index contributed by atoms with van der Waals surface area (Å²) in [5.41, 5.74) is 4.38. The summed E-state index contributed by atoms with van der Waals surface area (Å²) in [7, 11) is 0. The minimum absolute atomic E-state index is 0.0219. The van der Waals surface area contributed by atoms with E-state index in [0.717, 1.165) is 0 Å². The number of aliphatic carboxylic acids is 1. The van der Waals surface area contributed by atoms with Crippen molar-refractivity contribution in [3.63, 3.8) is 0 Å². The van der Waals surface area contributed by atoms with Crippen molar-refractivity contribution in [2.24, 2.45) is 5.92 Å². The number of anilines is 1. The average molecular weight is 366 g/mol. The first kappa shape index (κ1) is 19.7. The summed E-state index contributed by atoms with van der Waals surface area (Å²) >= 11 is 0. The van der Waals surface area contributed by atoms with Crippen molar-refractivity contribution >= 4 is 17.9 Å². The van der Waals surface area contributed by atoms with Crippen LogP contribution in [0.5, 0.6) is 0 Å². The van der Waals surface area contributed by atoms with Crippen LogP contribution in [0.1, 0.15) is 52.5 Å². The number of carbonyl (C=O) groups excluding carboxylic acids is 1. The van der Waals surface area contributed by atoms with E-state index in [1.165, 1.54) is 10.6 Å². The predicted molar refractivity (Wildman–Crippen MR) is 94.7 cm³/mol. The molecule has 9 nitrogen and oxygen atoms in total. The fourth-order valence-electron chi connectivity index (χ4n) is 3.30. The zero-order valence-electron chi connectivity index (χ0n) is 15.3. The lowest BCUT2D eigenvalue weighted by atomic mass is 9.80. The maximum Gasteiger partial charge on any atom is 0.407 e. The van der Waals surface area contributed by atoms with Crippen LogP contribution >= 0.6 is 0 Å². The number of hydrogen-bond acceptors (Lipinski definition) is 6. The molecule has 1 aliphatic rings. The summed E-state index contributed by atoms with van der Waals surface area (Å²) in [5.74, 6) is -0.834. The Kier molecular flexibility index (Phi) is 5.89. The Balaban J connectivity index is 2.22. The Labute approximate surface area is 151 Å². The maximum atomic E-state index is 12.2. The Bertz CT molecular complexity index is 725. The molecule has 4 N–H and O–H groups in total. The van der Waals surface area contributed by atoms with Gasteiger partial charge in [0, 0.05) is 12.6 Å². The molecule has 144 valence electrons. The quantitative estimate of drug-likeness (QED) is 0.735. The first-order chi connectivity index (χ1) is 12.0. The number of nitrogens with two attached hydrogens (primary N) is 1. The highest BCUT2D eigenvalue weighted by Crippen LogP contribution is 2.34. The second-order valence-electron chi connectivity index (χ2n) is 7.64. The summed E-state index contributed by atoms with van der Waals surface area (Å²) in [6, 6.07) is 0.745. The summed E-state index contributed by atoms with van der Waals surface area (Å²) in [5, 5.41) is 11.8. The lowest BCUT2D eigenvalue weighted by Gasteiger charge is -2.37. The van der Waals surface area contributed by atoms with Crippen molar-refractivity contribution < 1.29 is 19.4 Å². The van der Waals surface area contributed by atoms with Crippen LogP contribution in [0.4, 0.5) is 10.6 Å². The number of ether oxygens (including phenoxy) is 1. The highest BCUT2D eigenvalue weighted by Gasteiger charge is 2.35. The molecule has 26 heavy (non-hydrogen) atoms. The topological polar surface area (TPSA) is 137 Å². The fraction of sp³-hybridized carbons (Fsp3) is 0.647. The second kappa shape index (κ2) is 7.76. The van der Waals surface area contributed by atoms with Crippen LogP contribution < -0.4 is 16.7 Å². The van der Waals surface area contributed by atoms with Crippen LogP contribution in [0.3, 0.4) is 0 Å². The van der Waals surface area contributed by atoms with Gasteiger partial charge in [-0.3, -0.25) is 9.36 Å². The lowest BCUT2D eigenvalue weighted by molar-refractivity contribution is -0.138. The van der Waals surface area contributed by atoms with Gasteiger partial charge in [0.25, 0.3) is 0 Å². The van der Waals surface area contributed by atoms with Gasteiger partial charge in [-0.1, -0.05) is 0 Å². The van der Waals surface area contributed by atoms with Gasteiger partial charge < -0.3 is 20.9 Å². The van der Waals surface area contributed by atoms with Crippen molar-refractivity contribution in [1.29, 1.82) is 0 Å². The van der Waals surface area contributed by atoms with E-state index in [1.54, 1.807) is 27.0 Å². The number of alkyl carbamates (subject to hydrolysis) is 1. The summed E-state index contributed by atoms with van der Waals surface area (Å²) in [4.78, 5) is 39.2. The van der Waals surface area contributed by atoms with E-state index in [4.69, 9.17) is 15.6 Å². The number of amides is 1. The number of carboxylic acids is 1. The summed E-state index contributed by atoms with van der Waals surface area (Å²) in [6.07, 6.45) is 2.60. The van der Waals surface area contributed by atoms with Crippen LogP contribution in [-0.2, 0) is 9.53 Å². The number of carboxylic acid groups (broad SMARTS) is 1. The average Bonchev–Trinajstić information content (AvgIpc) is 2.45. The minimum atomic E-state index is -0.879. The van der Waals surface area contributed by atoms with Crippen molar-refractivity contribution in [2.75, 3.05) is 5.73 Å². The van der Waals surface area contributed by atoms with E-state index >= 15 is 0 Å². The molecule has 0 aromatic carbocycles. The standard InChI is InChI=1S/C17H26N4O5/c1-17(2,3)26-16(25)19-11-8-10(9-14(22)23)4-5-12(11)21-7-6-13(18)20-15(21)24/h6-7,10-12H,4-5,8-9H2,1-3H3,(H,19,25)(H,22,23)(H2,18,20,24)/t10-,11+,12-/m1/s1. The largest absolute Gasteiger partial charge is 0.481 e. The van der Waals surface area contributed by atoms with Gasteiger partial charge in [0.15, 0.2) is 0 Å². The Morgan fingerprint density at radius 3 is 2.69 bits per heavy atom. The van der Waals surface area contributed by atoms with E-state index in [-0.39, 0.29) is 24.2 Å². The van der Waals surface area contributed by atoms with Crippen molar-refractivity contribution in [3.05, 3.63) is 22.7 Å². The molecule has 1 aromatic rings. The molecule has 1 aromatic heterocycles. The van der Waals surface area contributed by atoms with Crippen molar-refractivity contribution in [2.45, 2.75) is 64.1 Å². The third-order valence-corrected chi connectivity index (χ3v) is 4.30. The summed E-state index contributed by atoms with van der Waals surface area (Å²) < 4.78 is 6.74. The summed E-state index contributed by atoms with van der Waals surface area (Å²) in [6.45, 7) is 5.27. The molecule has 1 heterocycles. The van der Waals surface area contributed by atoms with Crippen LogP contribution in [-0.4, -0.2) is 38.4 Å². The van der Waals surface area contributed by atoms with Crippen LogP contribution in [0, 0.1) is 5.92 Å². The Hall–Kier alpha value is -2.58. The van der Waals surface area contributed by atoms with Gasteiger partial charge in [-0.15, -0.1) is 0 Å². The number of aromatic nitrogens is 2. The maximum absolute atomic E-state index is 12.2. The number of nitrogens with one attached hydrogen (secondary N) is 1. The molecule has 0 aliphatic heterocycles. The van der Waals surface area contributed by atoms with Gasteiger partial charge in [-0.25, -0.2) is 9.59 Å². The molecule has 3 atom stereocenters. The molecule has 0 unspecified atom stereocenters. The van der Waals surface area contributed by atoms with Crippen molar-refractivity contribution in [1.82, 2.24) is 14.9 Å². The first-order valence-corrected chi connectivity index (χ1v) is 8.61. The molecule has 9 heteroatoms. The van der Waals surface area contributed by atoms with Crippen molar-refractivity contribution in [3.8, 4) is 0 Å². The van der Waals surface area contributed by atoms with Crippen LogP contribution in [0.2, 0.25) is 0 Å². The van der Waals surface area contributed by atoms with Gasteiger partial charge in [0.05, 0.1) is 12.1 Å². The predicted octanol–water partition coefficient (Wildman–Crippen LogP) is 1.53. The molecular weight excluding hydrogens is 340 g/mol. The van der Waals surface area contributed by atoms with Crippen LogP contribution in [0.25, 0.3) is 0 Å². The molecule has 1 fully saturated rings. The molecule has 0 saturated heterocycles. The Morgan fingerprint density at radius 1 is 1.42 bits per heavy atom. The van der Waals surface area contributed by atoms with Gasteiger partial charge in [0.1, 0.15) is 11.4 Å². The van der Waals surface area contributed by atoms with E-state index in [0.29, 0.717) is 19.3 Å². The molecule has 1 saturated carbocycles. The molecule has 0 bridgehead atoms. The van der Waals surface area contributed by atoms with Gasteiger partial charge in [0.2, 0.25) is 0 Å². The molecule has 2 rings (SSSR count). The van der Waals surface area contributed by atoms with Gasteiger partial charge in [-0.2, -0.15) is 4.98 Å². The monoisotopic (exact) mass is 366 g/mol. The normalized spacial score (nSPS) is 23.3. The molecule has 1 aliphatic carbocycles. The second-order valence-corrected chi connectivity index (χ2v) is 7.64. The zero-order valence-corrected chi connectivity index (χ0v) is 15.3. The number of nitrogen functional groups attached to an aromatic ring is 1. The van der Waals surface area contributed by atoms with E-state index in [9.17, 15) is 14.4 Å². The highest BCUT2D eigenvalue weighted by atomic mass is 16.6.